The van der Waals surface area contributed by atoms with Crippen LogP contribution in [-0.4, -0.2) is 43.9 Å². The highest BCUT2D eigenvalue weighted by Gasteiger charge is 2.35. The molecule has 0 bridgehead atoms. The van der Waals surface area contributed by atoms with E-state index >= 15 is 0 Å². The van der Waals surface area contributed by atoms with Crippen molar-refractivity contribution < 1.29 is 14.3 Å². The summed E-state index contributed by atoms with van der Waals surface area (Å²) in [6, 6.07) is 20.0. The van der Waals surface area contributed by atoms with E-state index in [2.05, 4.69) is 15.1 Å². The molecule has 0 spiro atoms. The van der Waals surface area contributed by atoms with Gasteiger partial charge >= 0.3 is 6.09 Å². The number of rotatable bonds is 7. The molecule has 0 saturated heterocycles. The Hall–Kier alpha value is -4.01. The van der Waals surface area contributed by atoms with Crippen LogP contribution in [-0.2, 0) is 13.0 Å². The molecule has 1 amide bonds. The van der Waals surface area contributed by atoms with Gasteiger partial charge in [0.25, 0.3) is 0 Å². The third kappa shape index (κ3) is 5.44. The lowest BCUT2D eigenvalue weighted by Gasteiger charge is -2.35. The molecule has 8 nitrogen and oxygen atoms in total. The van der Waals surface area contributed by atoms with Crippen molar-refractivity contribution in [2.45, 2.75) is 25.4 Å². The quantitative estimate of drug-likeness (QED) is 0.224. The Morgan fingerprint density at radius 3 is 2.54 bits per heavy atom. The monoisotopic (exact) mass is 561 g/mol. The average molecular weight is 562 g/mol. The molecule has 0 radical (unpaired) electrons. The summed E-state index contributed by atoms with van der Waals surface area (Å²) >= 11 is 12.3. The molecule has 0 aliphatic carbocycles. The second-order valence-corrected chi connectivity index (χ2v) is 10.2. The standard InChI is InChI=1S/C29H25Cl2N5O3/c30-20-4-9-23(10-5-20)39-29(37)36-14-12-24-25-16-21(31)6-11-26(25)34-27(24)28(36)19-2-7-22(8-3-19)38-15-1-13-35-18-32-17-33-35/h2-11,16-18,28,34H,1,12-15H2. The number of aromatic amines is 1. The van der Waals surface area contributed by atoms with Gasteiger partial charge < -0.3 is 14.5 Å². The smallest absolute Gasteiger partial charge is 0.416 e. The van der Waals surface area contributed by atoms with Gasteiger partial charge in [-0.15, -0.1) is 0 Å². The van der Waals surface area contributed by atoms with E-state index in [1.54, 1.807) is 40.2 Å². The molecule has 198 valence electrons. The second kappa shape index (κ2) is 11.0. The molecule has 10 heteroatoms. The van der Waals surface area contributed by atoms with Crippen molar-refractivity contribution >= 4 is 40.2 Å². The van der Waals surface area contributed by atoms with Gasteiger partial charge in [0.1, 0.15) is 30.2 Å². The third-order valence-corrected chi connectivity index (χ3v) is 7.29. The number of fused-ring (bicyclic) bond motifs is 3. The number of H-pyrrole nitrogens is 1. The number of carbonyl (C=O) groups excluding carboxylic acids is 1. The van der Waals surface area contributed by atoms with E-state index in [4.69, 9.17) is 32.7 Å². The minimum atomic E-state index is -0.432. The lowest BCUT2D eigenvalue weighted by Crippen LogP contribution is -2.42. The van der Waals surface area contributed by atoms with Crippen LogP contribution >= 0.6 is 23.2 Å². The summed E-state index contributed by atoms with van der Waals surface area (Å²) < 4.78 is 13.5. The molecule has 1 N–H and O–H groups in total. The van der Waals surface area contributed by atoms with Crippen molar-refractivity contribution in [3.05, 3.63) is 106 Å². The van der Waals surface area contributed by atoms with Crippen LogP contribution in [0.5, 0.6) is 11.5 Å². The summed E-state index contributed by atoms with van der Waals surface area (Å²) in [5.41, 5.74) is 4.03. The van der Waals surface area contributed by atoms with Gasteiger partial charge in [-0.2, -0.15) is 5.10 Å². The number of ether oxygens (including phenoxy) is 2. The van der Waals surface area contributed by atoms with Gasteiger partial charge in [0.15, 0.2) is 0 Å². The summed E-state index contributed by atoms with van der Waals surface area (Å²) in [6.45, 7) is 1.78. The van der Waals surface area contributed by atoms with Crippen LogP contribution in [0.4, 0.5) is 4.79 Å². The van der Waals surface area contributed by atoms with Gasteiger partial charge in [0.05, 0.1) is 6.61 Å². The van der Waals surface area contributed by atoms with Crippen LogP contribution in [0.2, 0.25) is 10.0 Å². The van der Waals surface area contributed by atoms with E-state index in [0.717, 1.165) is 46.4 Å². The number of nitrogens with zero attached hydrogens (tertiary/aromatic N) is 4. The van der Waals surface area contributed by atoms with Crippen LogP contribution in [0.15, 0.2) is 79.4 Å². The minimum absolute atomic E-state index is 0.374. The SMILES string of the molecule is O=C(Oc1ccc(Cl)cc1)N1CCc2c([nH]c3ccc(Cl)cc23)C1c1ccc(OCCCn2cncn2)cc1. The highest BCUT2D eigenvalue weighted by molar-refractivity contribution is 6.31. The fourth-order valence-corrected chi connectivity index (χ4v) is 5.28. The Balaban J connectivity index is 1.26. The Kier molecular flexibility index (Phi) is 7.13. The third-order valence-electron chi connectivity index (χ3n) is 6.81. The average Bonchev–Trinajstić information content (AvgIpc) is 3.60. The summed E-state index contributed by atoms with van der Waals surface area (Å²) in [4.78, 5) is 22.7. The molecule has 5 aromatic rings. The number of hydrogen-bond acceptors (Lipinski definition) is 5. The normalized spacial score (nSPS) is 14.8. The molecule has 3 heterocycles. The zero-order valence-corrected chi connectivity index (χ0v) is 22.4. The maximum atomic E-state index is 13.5. The molecule has 0 fully saturated rings. The first-order valence-corrected chi connectivity index (χ1v) is 13.4. The molecule has 2 aromatic heterocycles. The van der Waals surface area contributed by atoms with Gasteiger partial charge in [-0.05, 0) is 72.1 Å². The Bertz CT molecular complexity index is 1580. The predicted molar refractivity (Wildman–Crippen MR) is 150 cm³/mol. The van der Waals surface area contributed by atoms with E-state index in [0.29, 0.717) is 35.4 Å². The summed E-state index contributed by atoms with van der Waals surface area (Å²) in [5, 5.41) is 6.43. The molecule has 1 unspecified atom stereocenters. The molecule has 3 aromatic carbocycles. The fourth-order valence-electron chi connectivity index (χ4n) is 4.98. The number of benzene rings is 3. The Labute approximate surface area is 235 Å². The summed E-state index contributed by atoms with van der Waals surface area (Å²) in [6.07, 6.45) is 4.26. The first-order chi connectivity index (χ1) is 19.0. The molecule has 39 heavy (non-hydrogen) atoms. The van der Waals surface area contributed by atoms with Gasteiger partial charge in [-0.25, -0.2) is 9.78 Å². The largest absolute Gasteiger partial charge is 0.494 e. The van der Waals surface area contributed by atoms with Crippen molar-refractivity contribution in [2.24, 2.45) is 0 Å². The van der Waals surface area contributed by atoms with Crippen LogP contribution in [0.3, 0.4) is 0 Å². The van der Waals surface area contributed by atoms with Crippen molar-refractivity contribution in [2.75, 3.05) is 13.2 Å². The molecule has 6 rings (SSSR count). The molecule has 1 aliphatic heterocycles. The number of nitrogens with one attached hydrogen (secondary N) is 1. The van der Waals surface area contributed by atoms with Gasteiger partial charge in [0.2, 0.25) is 0 Å². The van der Waals surface area contributed by atoms with E-state index in [1.807, 2.05) is 42.5 Å². The highest BCUT2D eigenvalue weighted by Crippen LogP contribution is 2.40. The van der Waals surface area contributed by atoms with Crippen molar-refractivity contribution in [3.63, 3.8) is 0 Å². The van der Waals surface area contributed by atoms with E-state index < -0.39 is 6.09 Å². The summed E-state index contributed by atoms with van der Waals surface area (Å²) in [5.74, 6) is 1.19. The number of hydrogen-bond donors (Lipinski definition) is 1. The lowest BCUT2D eigenvalue weighted by molar-refractivity contribution is 0.135. The van der Waals surface area contributed by atoms with E-state index in [-0.39, 0.29) is 6.04 Å². The van der Waals surface area contributed by atoms with Gasteiger partial charge in [-0.3, -0.25) is 9.58 Å². The topological polar surface area (TPSA) is 85.3 Å². The number of aryl methyl sites for hydroxylation is 1. The maximum Gasteiger partial charge on any atom is 0.416 e. The molecule has 1 aliphatic rings. The predicted octanol–water partition coefficient (Wildman–Crippen LogP) is 6.68. The van der Waals surface area contributed by atoms with Crippen LogP contribution in [0.1, 0.15) is 29.3 Å². The number of aromatic nitrogens is 4. The van der Waals surface area contributed by atoms with E-state index in [1.165, 1.54) is 6.33 Å². The Morgan fingerprint density at radius 1 is 1.00 bits per heavy atom. The fraction of sp³-hybridized carbons (Fsp3) is 0.207. The number of halogens is 2. The molecular formula is C29H25Cl2N5O3. The van der Waals surface area contributed by atoms with Gasteiger partial charge in [-0.1, -0.05) is 35.3 Å². The zero-order valence-electron chi connectivity index (χ0n) is 20.9. The lowest BCUT2D eigenvalue weighted by atomic mass is 9.92. The number of amides is 1. The Morgan fingerprint density at radius 2 is 1.77 bits per heavy atom. The molecular weight excluding hydrogens is 537 g/mol. The van der Waals surface area contributed by atoms with Crippen molar-refractivity contribution in [1.82, 2.24) is 24.6 Å². The second-order valence-electron chi connectivity index (χ2n) is 9.30. The maximum absolute atomic E-state index is 13.5. The molecule has 1 atom stereocenters. The van der Waals surface area contributed by atoms with E-state index in [9.17, 15) is 4.79 Å². The highest BCUT2D eigenvalue weighted by atomic mass is 35.5. The minimum Gasteiger partial charge on any atom is -0.494 e. The number of carbonyl (C=O) groups is 1. The van der Waals surface area contributed by atoms with Gasteiger partial charge in [0, 0.05) is 46.2 Å². The first-order valence-electron chi connectivity index (χ1n) is 12.6. The van der Waals surface area contributed by atoms with Crippen LogP contribution in [0.25, 0.3) is 10.9 Å². The summed E-state index contributed by atoms with van der Waals surface area (Å²) in [7, 11) is 0. The van der Waals surface area contributed by atoms with Crippen LogP contribution in [0, 0.1) is 0 Å². The van der Waals surface area contributed by atoms with Crippen molar-refractivity contribution in [1.29, 1.82) is 0 Å². The van der Waals surface area contributed by atoms with Crippen LogP contribution < -0.4 is 9.47 Å². The molecule has 0 saturated carbocycles. The van der Waals surface area contributed by atoms with Crippen molar-refractivity contribution in [3.8, 4) is 11.5 Å². The zero-order chi connectivity index (χ0) is 26.8. The first kappa shape index (κ1) is 25.3.